The Balaban J connectivity index is 2.55. The summed E-state index contributed by atoms with van der Waals surface area (Å²) in [5, 5.41) is 3.02. The molecule has 0 bridgehead atoms. The van der Waals surface area contributed by atoms with Gasteiger partial charge in [0.2, 0.25) is 0 Å². The van der Waals surface area contributed by atoms with Crippen molar-refractivity contribution in [3.63, 3.8) is 0 Å². The van der Waals surface area contributed by atoms with Gasteiger partial charge in [-0.1, -0.05) is 6.92 Å². The molecule has 18 heavy (non-hydrogen) atoms. The zero-order chi connectivity index (χ0) is 13.6. The normalized spacial score (nSPS) is 13.3. The summed E-state index contributed by atoms with van der Waals surface area (Å²) in [7, 11) is 0. The minimum atomic E-state index is -0.781. The van der Waals surface area contributed by atoms with Gasteiger partial charge < -0.3 is 14.6 Å². The van der Waals surface area contributed by atoms with Gasteiger partial charge >= 0.3 is 0 Å². The summed E-state index contributed by atoms with van der Waals surface area (Å²) in [6.07, 6.45) is 6.25. The average molecular weight is 253 g/mol. The number of carbonyl (C=O) groups excluding carboxylic acids is 1. The Labute approximate surface area is 109 Å². The van der Waals surface area contributed by atoms with Gasteiger partial charge in [-0.2, -0.15) is 0 Å². The van der Waals surface area contributed by atoms with Crippen LogP contribution < -0.4 is 5.32 Å². The molecule has 1 heterocycles. The van der Waals surface area contributed by atoms with Crippen molar-refractivity contribution in [1.82, 2.24) is 14.9 Å². The topological polar surface area (TPSA) is 56.1 Å². The highest BCUT2D eigenvalue weighted by molar-refractivity contribution is 5.84. The Morgan fingerprint density at radius 2 is 2.22 bits per heavy atom. The molecule has 0 aliphatic heterocycles. The summed E-state index contributed by atoms with van der Waals surface area (Å²) in [5.41, 5.74) is -0.781. The number of carbonyl (C=O) groups is 1. The molecule has 0 saturated carbocycles. The number of aromatic nitrogens is 2. The molecule has 0 spiro atoms. The Hall–Kier alpha value is -1.36. The van der Waals surface area contributed by atoms with E-state index >= 15 is 0 Å². The fourth-order valence-corrected chi connectivity index (χ4v) is 1.71. The van der Waals surface area contributed by atoms with Crippen LogP contribution in [0.1, 0.15) is 34.1 Å². The lowest BCUT2D eigenvalue weighted by Gasteiger charge is -2.27. The Morgan fingerprint density at radius 3 is 2.72 bits per heavy atom. The first-order valence-corrected chi connectivity index (χ1v) is 6.40. The zero-order valence-corrected chi connectivity index (χ0v) is 11.6. The highest BCUT2D eigenvalue weighted by atomic mass is 16.5. The van der Waals surface area contributed by atoms with Crippen molar-refractivity contribution in [1.29, 1.82) is 0 Å². The second kappa shape index (κ2) is 6.54. The van der Waals surface area contributed by atoms with E-state index in [2.05, 4.69) is 17.2 Å². The largest absolute Gasteiger partial charge is 0.366 e. The molecule has 5 heteroatoms. The third-order valence-electron chi connectivity index (χ3n) is 2.87. The number of imidazole rings is 1. The van der Waals surface area contributed by atoms with Crippen LogP contribution in [-0.2, 0) is 16.1 Å². The first kappa shape index (κ1) is 14.7. The molecule has 0 saturated heterocycles. The van der Waals surface area contributed by atoms with Crippen LogP contribution in [0.2, 0.25) is 0 Å². The predicted octanol–water partition coefficient (Wildman–Crippen LogP) is 1.59. The van der Waals surface area contributed by atoms with E-state index in [1.165, 1.54) is 0 Å². The third kappa shape index (κ3) is 4.14. The number of amides is 1. The van der Waals surface area contributed by atoms with Crippen molar-refractivity contribution in [2.24, 2.45) is 0 Å². The van der Waals surface area contributed by atoms with Crippen molar-refractivity contribution in [2.75, 3.05) is 6.61 Å². The summed E-state index contributed by atoms with van der Waals surface area (Å²) in [6, 6.07) is 0.0893. The molecular formula is C13H23N3O2. The van der Waals surface area contributed by atoms with Gasteiger partial charge in [-0.15, -0.1) is 0 Å². The van der Waals surface area contributed by atoms with Gasteiger partial charge in [0.15, 0.2) is 0 Å². The zero-order valence-electron chi connectivity index (χ0n) is 11.6. The van der Waals surface area contributed by atoms with Crippen LogP contribution in [0, 0.1) is 0 Å². The molecule has 1 rings (SSSR count). The fraction of sp³-hybridized carbons (Fsp3) is 0.692. The quantitative estimate of drug-likeness (QED) is 0.803. The van der Waals surface area contributed by atoms with E-state index in [-0.39, 0.29) is 11.9 Å². The number of nitrogens with zero attached hydrogens (tertiary/aromatic N) is 2. The van der Waals surface area contributed by atoms with E-state index in [0.29, 0.717) is 6.61 Å². The average Bonchev–Trinajstić information content (AvgIpc) is 2.80. The molecular weight excluding hydrogens is 230 g/mol. The highest BCUT2D eigenvalue weighted by Gasteiger charge is 2.29. The van der Waals surface area contributed by atoms with E-state index in [9.17, 15) is 4.79 Å². The summed E-state index contributed by atoms with van der Waals surface area (Å²) in [5.74, 6) is -0.0729. The number of hydrogen-bond donors (Lipinski definition) is 1. The monoisotopic (exact) mass is 253 g/mol. The molecule has 102 valence electrons. The maximum Gasteiger partial charge on any atom is 0.251 e. The minimum Gasteiger partial charge on any atom is -0.366 e. The standard InChI is InChI=1S/C13H23N3O2/c1-5-11(9-16-8-7-14-10-16)15-12(17)13(3,4)18-6-2/h7-8,10-11H,5-6,9H2,1-4H3,(H,15,17)/t11-/m0/s1. The van der Waals surface area contributed by atoms with E-state index in [4.69, 9.17) is 4.74 Å². The molecule has 0 aromatic carbocycles. The van der Waals surface area contributed by atoms with Crippen LogP contribution in [0.3, 0.4) is 0 Å². The molecule has 1 N–H and O–H groups in total. The van der Waals surface area contributed by atoms with Gasteiger partial charge in [-0.25, -0.2) is 4.98 Å². The van der Waals surface area contributed by atoms with Gasteiger partial charge in [0.25, 0.3) is 5.91 Å². The predicted molar refractivity (Wildman–Crippen MR) is 70.2 cm³/mol. The maximum atomic E-state index is 12.1. The fourth-order valence-electron chi connectivity index (χ4n) is 1.71. The van der Waals surface area contributed by atoms with Crippen molar-refractivity contribution in [3.05, 3.63) is 18.7 Å². The van der Waals surface area contributed by atoms with Crippen molar-refractivity contribution < 1.29 is 9.53 Å². The number of rotatable bonds is 7. The molecule has 1 aromatic heterocycles. The van der Waals surface area contributed by atoms with Gasteiger partial charge in [0.05, 0.1) is 6.33 Å². The van der Waals surface area contributed by atoms with E-state index in [1.807, 2.05) is 17.7 Å². The lowest BCUT2D eigenvalue weighted by molar-refractivity contribution is -0.143. The maximum absolute atomic E-state index is 12.1. The second-order valence-electron chi connectivity index (χ2n) is 4.78. The van der Waals surface area contributed by atoms with Crippen LogP contribution in [0.15, 0.2) is 18.7 Å². The van der Waals surface area contributed by atoms with E-state index in [0.717, 1.165) is 13.0 Å². The van der Waals surface area contributed by atoms with E-state index < -0.39 is 5.60 Å². The van der Waals surface area contributed by atoms with Gasteiger partial charge in [0.1, 0.15) is 5.60 Å². The number of ether oxygens (including phenoxy) is 1. The molecule has 1 atom stereocenters. The summed E-state index contributed by atoms with van der Waals surface area (Å²) in [4.78, 5) is 16.1. The summed E-state index contributed by atoms with van der Waals surface area (Å²) >= 11 is 0. The van der Waals surface area contributed by atoms with Gasteiger partial charge in [-0.05, 0) is 27.2 Å². The summed E-state index contributed by atoms with van der Waals surface area (Å²) < 4.78 is 7.40. The first-order valence-electron chi connectivity index (χ1n) is 6.40. The van der Waals surface area contributed by atoms with Crippen molar-refractivity contribution >= 4 is 5.91 Å². The SMILES string of the molecule is CCOC(C)(C)C(=O)N[C@@H](CC)Cn1ccnc1. The molecule has 0 unspecified atom stereocenters. The van der Waals surface area contributed by atoms with Crippen LogP contribution >= 0.6 is 0 Å². The molecule has 1 aromatic rings. The van der Waals surface area contributed by atoms with Gasteiger partial charge in [0, 0.05) is 31.6 Å². The van der Waals surface area contributed by atoms with Crippen LogP contribution in [0.5, 0.6) is 0 Å². The number of hydrogen-bond acceptors (Lipinski definition) is 3. The van der Waals surface area contributed by atoms with Crippen LogP contribution in [-0.4, -0.2) is 33.7 Å². The second-order valence-corrected chi connectivity index (χ2v) is 4.78. The number of nitrogens with one attached hydrogen (secondary N) is 1. The van der Waals surface area contributed by atoms with Gasteiger partial charge in [-0.3, -0.25) is 4.79 Å². The van der Waals surface area contributed by atoms with Crippen LogP contribution in [0.4, 0.5) is 0 Å². The Morgan fingerprint density at radius 1 is 1.50 bits per heavy atom. The molecule has 0 fully saturated rings. The Kier molecular flexibility index (Phi) is 5.34. The molecule has 5 nitrogen and oxygen atoms in total. The molecule has 0 aliphatic carbocycles. The van der Waals surface area contributed by atoms with Crippen LogP contribution in [0.25, 0.3) is 0 Å². The van der Waals surface area contributed by atoms with Crippen molar-refractivity contribution in [3.8, 4) is 0 Å². The highest BCUT2D eigenvalue weighted by Crippen LogP contribution is 2.10. The third-order valence-corrected chi connectivity index (χ3v) is 2.87. The van der Waals surface area contributed by atoms with Crippen molar-refractivity contribution in [2.45, 2.75) is 52.3 Å². The summed E-state index contributed by atoms with van der Waals surface area (Å²) in [6.45, 7) is 8.77. The molecule has 0 aliphatic rings. The smallest absolute Gasteiger partial charge is 0.251 e. The lowest BCUT2D eigenvalue weighted by Crippen LogP contribution is -2.49. The first-order chi connectivity index (χ1) is 8.49. The van der Waals surface area contributed by atoms with E-state index in [1.54, 1.807) is 26.4 Å². The molecule has 0 radical (unpaired) electrons. The molecule has 1 amide bonds. The minimum absolute atomic E-state index is 0.0729. The lowest BCUT2D eigenvalue weighted by atomic mass is 10.1. The Bertz CT molecular complexity index is 360.